The third kappa shape index (κ3) is 2.07. The molecule has 2 heterocycles. The smallest absolute Gasteiger partial charge is 0.235 e. The van der Waals surface area contributed by atoms with Crippen molar-refractivity contribution in [2.24, 2.45) is 5.92 Å². The number of hydrogen-bond acceptors (Lipinski definition) is 3. The van der Waals surface area contributed by atoms with Crippen molar-refractivity contribution in [3.05, 3.63) is 60.2 Å². The van der Waals surface area contributed by atoms with Crippen LogP contribution in [-0.4, -0.2) is 25.7 Å². The fraction of sp³-hybridized carbons (Fsp3) is 0.278. The maximum atomic E-state index is 12.6. The number of amides is 1. The Labute approximate surface area is 129 Å². The summed E-state index contributed by atoms with van der Waals surface area (Å²) in [4.78, 5) is 14.5. The van der Waals surface area contributed by atoms with E-state index in [1.807, 2.05) is 47.4 Å². The molecule has 2 fully saturated rings. The molecular weight excluding hydrogens is 278 g/mol. The minimum Gasteiger partial charge on any atom is -0.497 e. The van der Waals surface area contributed by atoms with Gasteiger partial charge in [0.1, 0.15) is 5.75 Å². The first-order chi connectivity index (χ1) is 10.8. The lowest BCUT2D eigenvalue weighted by Gasteiger charge is -2.47. The van der Waals surface area contributed by atoms with E-state index in [0.29, 0.717) is 6.61 Å². The van der Waals surface area contributed by atoms with Crippen molar-refractivity contribution in [1.82, 2.24) is 0 Å². The van der Waals surface area contributed by atoms with Crippen molar-refractivity contribution < 1.29 is 14.3 Å². The number of rotatable bonds is 4. The van der Waals surface area contributed by atoms with E-state index >= 15 is 0 Å². The van der Waals surface area contributed by atoms with Gasteiger partial charge in [-0.05, 0) is 29.8 Å². The molecule has 0 unspecified atom stereocenters. The summed E-state index contributed by atoms with van der Waals surface area (Å²) in [7, 11) is 1.64. The first-order valence-electron chi connectivity index (χ1n) is 7.43. The lowest BCUT2D eigenvalue weighted by atomic mass is 9.80. The molecule has 2 aromatic rings. The molecule has 0 bridgehead atoms. The van der Waals surface area contributed by atoms with Gasteiger partial charge in [-0.3, -0.25) is 4.79 Å². The largest absolute Gasteiger partial charge is 0.497 e. The molecule has 0 aliphatic carbocycles. The maximum Gasteiger partial charge on any atom is 0.235 e. The molecule has 0 radical (unpaired) electrons. The van der Waals surface area contributed by atoms with Crippen LogP contribution in [0.4, 0.5) is 5.69 Å². The Morgan fingerprint density at radius 2 is 1.77 bits per heavy atom. The fourth-order valence-electron chi connectivity index (χ4n) is 3.17. The normalized spacial score (nSPS) is 26.5. The van der Waals surface area contributed by atoms with Crippen LogP contribution >= 0.6 is 0 Å². The van der Waals surface area contributed by atoms with Gasteiger partial charge in [-0.1, -0.05) is 30.3 Å². The number of ether oxygens (including phenoxy) is 2. The molecule has 0 saturated carbocycles. The molecule has 4 heteroatoms. The van der Waals surface area contributed by atoms with Gasteiger partial charge < -0.3 is 14.4 Å². The number of carbonyl (C=O) groups is 1. The van der Waals surface area contributed by atoms with E-state index in [-0.39, 0.29) is 24.0 Å². The van der Waals surface area contributed by atoms with Gasteiger partial charge in [0, 0.05) is 5.69 Å². The predicted molar refractivity (Wildman–Crippen MR) is 82.9 cm³/mol. The third-order valence-electron chi connectivity index (χ3n) is 4.39. The number of anilines is 1. The Kier molecular flexibility index (Phi) is 3.12. The standard InChI is InChI=1S/C18H17NO3/c1-21-14-9-7-13(8-10-14)19-17(12-5-3-2-4-6-12)16(18(19)20)15-11-22-15/h2-10,15-17H,11H2,1H3/t15-,16+,17+/m0/s1. The van der Waals surface area contributed by atoms with Crippen molar-refractivity contribution in [2.45, 2.75) is 12.1 Å². The zero-order valence-corrected chi connectivity index (χ0v) is 12.3. The second-order valence-corrected chi connectivity index (χ2v) is 5.66. The van der Waals surface area contributed by atoms with Gasteiger partial charge in [0.25, 0.3) is 0 Å². The highest BCUT2D eigenvalue weighted by atomic mass is 16.6. The van der Waals surface area contributed by atoms with Gasteiger partial charge >= 0.3 is 0 Å². The van der Waals surface area contributed by atoms with Crippen molar-refractivity contribution in [3.8, 4) is 5.75 Å². The molecule has 0 spiro atoms. The van der Waals surface area contributed by atoms with Crippen LogP contribution in [0.2, 0.25) is 0 Å². The lowest BCUT2D eigenvalue weighted by molar-refractivity contribution is -0.131. The molecule has 22 heavy (non-hydrogen) atoms. The number of methoxy groups -OCH3 is 1. The predicted octanol–water partition coefficient (Wildman–Crippen LogP) is 2.80. The second-order valence-electron chi connectivity index (χ2n) is 5.66. The average Bonchev–Trinajstić information content (AvgIpc) is 3.38. The Morgan fingerprint density at radius 3 is 2.36 bits per heavy atom. The Bertz CT molecular complexity index is 679. The molecule has 2 saturated heterocycles. The van der Waals surface area contributed by atoms with Gasteiger partial charge in [0.05, 0.1) is 31.8 Å². The first kappa shape index (κ1) is 13.3. The quantitative estimate of drug-likeness (QED) is 0.643. The Balaban J connectivity index is 1.68. The van der Waals surface area contributed by atoms with Crippen LogP contribution in [0.15, 0.2) is 54.6 Å². The molecule has 3 atom stereocenters. The highest BCUT2D eigenvalue weighted by Gasteiger charge is 2.56. The summed E-state index contributed by atoms with van der Waals surface area (Å²) < 4.78 is 10.6. The third-order valence-corrected chi connectivity index (χ3v) is 4.39. The van der Waals surface area contributed by atoms with E-state index in [4.69, 9.17) is 9.47 Å². The van der Waals surface area contributed by atoms with E-state index in [2.05, 4.69) is 12.1 Å². The van der Waals surface area contributed by atoms with Crippen molar-refractivity contribution in [1.29, 1.82) is 0 Å². The minimum absolute atomic E-state index is 0.0506. The summed E-state index contributed by atoms with van der Waals surface area (Å²) in [5, 5.41) is 0. The first-order valence-corrected chi connectivity index (χ1v) is 7.43. The van der Waals surface area contributed by atoms with Crippen molar-refractivity contribution in [2.75, 3.05) is 18.6 Å². The second kappa shape index (κ2) is 5.14. The SMILES string of the molecule is COc1ccc(N2C(=O)[C@H]([C@@H]3CO3)[C@H]2c2ccccc2)cc1. The van der Waals surface area contributed by atoms with Gasteiger partial charge in [-0.25, -0.2) is 0 Å². The number of nitrogens with zero attached hydrogens (tertiary/aromatic N) is 1. The number of β-lactam (4-membered cyclic amide) rings is 1. The average molecular weight is 295 g/mol. The van der Waals surface area contributed by atoms with Crippen molar-refractivity contribution in [3.63, 3.8) is 0 Å². The van der Waals surface area contributed by atoms with E-state index in [1.54, 1.807) is 7.11 Å². The molecule has 2 aromatic carbocycles. The van der Waals surface area contributed by atoms with Crippen LogP contribution in [0.25, 0.3) is 0 Å². The monoisotopic (exact) mass is 295 g/mol. The van der Waals surface area contributed by atoms with E-state index < -0.39 is 0 Å². The van der Waals surface area contributed by atoms with Gasteiger partial charge in [0.15, 0.2) is 0 Å². The maximum absolute atomic E-state index is 12.6. The topological polar surface area (TPSA) is 42.1 Å². The number of hydrogen-bond donors (Lipinski definition) is 0. The van der Waals surface area contributed by atoms with Crippen LogP contribution in [0.5, 0.6) is 5.75 Å². The summed E-state index contributed by atoms with van der Waals surface area (Å²) in [6, 6.07) is 17.8. The van der Waals surface area contributed by atoms with E-state index in [0.717, 1.165) is 17.0 Å². The van der Waals surface area contributed by atoms with Gasteiger partial charge in [0.2, 0.25) is 5.91 Å². The summed E-state index contributed by atoms with van der Waals surface area (Å²) in [5.41, 5.74) is 2.05. The Hall–Kier alpha value is -2.33. The lowest BCUT2D eigenvalue weighted by Crippen LogP contribution is -2.57. The van der Waals surface area contributed by atoms with E-state index in [1.165, 1.54) is 0 Å². The molecule has 2 aliphatic rings. The van der Waals surface area contributed by atoms with Gasteiger partial charge in [-0.2, -0.15) is 0 Å². The molecule has 4 rings (SSSR count). The minimum atomic E-state index is -0.0653. The molecular formula is C18H17NO3. The number of benzene rings is 2. The molecule has 0 N–H and O–H groups in total. The summed E-state index contributed by atoms with van der Waals surface area (Å²) in [6.45, 7) is 0.691. The zero-order valence-electron chi connectivity index (χ0n) is 12.3. The van der Waals surface area contributed by atoms with Crippen LogP contribution in [0.1, 0.15) is 11.6 Å². The highest BCUT2D eigenvalue weighted by Crippen LogP contribution is 2.48. The van der Waals surface area contributed by atoms with Crippen molar-refractivity contribution >= 4 is 11.6 Å². The van der Waals surface area contributed by atoms with Crippen LogP contribution < -0.4 is 9.64 Å². The van der Waals surface area contributed by atoms with E-state index in [9.17, 15) is 4.79 Å². The molecule has 2 aliphatic heterocycles. The van der Waals surface area contributed by atoms with Gasteiger partial charge in [-0.15, -0.1) is 0 Å². The molecule has 1 amide bonds. The summed E-state index contributed by atoms with van der Waals surface area (Å²) >= 11 is 0. The highest BCUT2D eigenvalue weighted by molar-refractivity contribution is 6.03. The van der Waals surface area contributed by atoms with Crippen LogP contribution in [0.3, 0.4) is 0 Å². The molecule has 4 nitrogen and oxygen atoms in total. The number of epoxide rings is 1. The summed E-state index contributed by atoms with van der Waals surface area (Å²) in [6.07, 6.45) is 0.0761. The van der Waals surface area contributed by atoms with Crippen LogP contribution in [0, 0.1) is 5.92 Å². The fourth-order valence-corrected chi connectivity index (χ4v) is 3.17. The van der Waals surface area contributed by atoms with Crippen LogP contribution in [-0.2, 0) is 9.53 Å². The molecule has 0 aromatic heterocycles. The molecule has 112 valence electrons. The number of carbonyl (C=O) groups excluding carboxylic acids is 1. The Morgan fingerprint density at radius 1 is 1.09 bits per heavy atom. The zero-order chi connectivity index (χ0) is 15.1. The summed E-state index contributed by atoms with van der Waals surface area (Å²) in [5.74, 6) is 0.862.